The van der Waals surface area contributed by atoms with Gasteiger partial charge in [-0.1, -0.05) is 38.0 Å². The van der Waals surface area contributed by atoms with Gasteiger partial charge < -0.3 is 0 Å². The fourth-order valence-corrected chi connectivity index (χ4v) is 3.48. The third kappa shape index (κ3) is 3.39. The van der Waals surface area contributed by atoms with Crippen LogP contribution in [0.5, 0.6) is 0 Å². The molecule has 0 aliphatic heterocycles. The van der Waals surface area contributed by atoms with Crippen molar-refractivity contribution in [1.82, 2.24) is 8.96 Å². The van der Waals surface area contributed by atoms with E-state index in [-0.39, 0.29) is 10.6 Å². The molecule has 6 heteroatoms. The summed E-state index contributed by atoms with van der Waals surface area (Å²) in [5.41, 5.74) is 0.140. The van der Waals surface area contributed by atoms with Crippen molar-refractivity contribution in [2.24, 2.45) is 0 Å². The first-order valence-corrected chi connectivity index (χ1v) is 8.37. The highest BCUT2D eigenvalue weighted by Gasteiger charge is 2.21. The molecule has 0 atom stereocenters. The summed E-state index contributed by atoms with van der Waals surface area (Å²) in [6.07, 6.45) is 5.27. The van der Waals surface area contributed by atoms with E-state index in [1.54, 1.807) is 18.2 Å². The predicted molar refractivity (Wildman–Crippen MR) is 79.9 cm³/mol. The molecule has 1 aromatic carbocycles. The molecule has 0 saturated carbocycles. The standard InChI is InChI=1S/C15H18N2O3S/c1-2-3-5-10-15-16-13(12-18)11-17(15)21(19,20)14-8-6-4-7-9-14/h4,6-9,11-12H,2-3,5,10H2,1H3. The fraction of sp³-hybridized carbons (Fsp3) is 0.333. The van der Waals surface area contributed by atoms with Crippen LogP contribution in [-0.4, -0.2) is 23.7 Å². The van der Waals surface area contributed by atoms with Crippen LogP contribution in [0.25, 0.3) is 0 Å². The smallest absolute Gasteiger partial charge is 0.269 e. The zero-order chi connectivity index (χ0) is 15.3. The summed E-state index contributed by atoms with van der Waals surface area (Å²) >= 11 is 0. The minimum Gasteiger partial charge on any atom is -0.296 e. The Kier molecular flexibility index (Phi) is 4.90. The number of hydrogen-bond donors (Lipinski definition) is 0. The number of unbranched alkanes of at least 4 members (excludes halogenated alkanes) is 2. The lowest BCUT2D eigenvalue weighted by molar-refractivity contribution is 0.111. The highest BCUT2D eigenvalue weighted by atomic mass is 32.2. The number of rotatable bonds is 7. The maximum Gasteiger partial charge on any atom is 0.269 e. The van der Waals surface area contributed by atoms with E-state index >= 15 is 0 Å². The van der Waals surface area contributed by atoms with Gasteiger partial charge in [-0.2, -0.15) is 0 Å². The first-order valence-electron chi connectivity index (χ1n) is 6.93. The number of aromatic nitrogens is 2. The Morgan fingerprint density at radius 1 is 1.19 bits per heavy atom. The van der Waals surface area contributed by atoms with Crippen LogP contribution in [0, 0.1) is 0 Å². The summed E-state index contributed by atoms with van der Waals surface area (Å²) in [4.78, 5) is 15.2. The lowest BCUT2D eigenvalue weighted by atomic mass is 10.2. The van der Waals surface area contributed by atoms with Gasteiger partial charge in [0.25, 0.3) is 10.0 Å². The van der Waals surface area contributed by atoms with E-state index in [1.165, 1.54) is 18.3 Å². The van der Waals surface area contributed by atoms with Crippen molar-refractivity contribution in [3.05, 3.63) is 48.0 Å². The van der Waals surface area contributed by atoms with Crippen molar-refractivity contribution in [3.8, 4) is 0 Å². The molecule has 21 heavy (non-hydrogen) atoms. The Balaban J connectivity index is 2.42. The van der Waals surface area contributed by atoms with Crippen LogP contribution in [-0.2, 0) is 16.4 Å². The van der Waals surface area contributed by atoms with Crippen molar-refractivity contribution < 1.29 is 13.2 Å². The molecule has 0 unspecified atom stereocenters. The molecule has 0 aliphatic rings. The van der Waals surface area contributed by atoms with E-state index in [1.807, 2.05) is 0 Å². The van der Waals surface area contributed by atoms with Gasteiger partial charge in [0.05, 0.1) is 11.1 Å². The molecule has 0 saturated heterocycles. The van der Waals surface area contributed by atoms with E-state index in [2.05, 4.69) is 11.9 Å². The van der Waals surface area contributed by atoms with E-state index < -0.39 is 10.0 Å². The number of hydrogen-bond acceptors (Lipinski definition) is 4. The van der Waals surface area contributed by atoms with Crippen molar-refractivity contribution >= 4 is 16.3 Å². The third-order valence-electron chi connectivity index (χ3n) is 3.19. The highest BCUT2D eigenvalue weighted by Crippen LogP contribution is 2.17. The number of benzene rings is 1. The van der Waals surface area contributed by atoms with Gasteiger partial charge >= 0.3 is 0 Å². The number of aldehydes is 1. The first-order chi connectivity index (χ1) is 10.1. The van der Waals surface area contributed by atoms with Gasteiger partial charge in [-0.3, -0.25) is 4.79 Å². The van der Waals surface area contributed by atoms with Crippen LogP contribution in [0.15, 0.2) is 41.4 Å². The van der Waals surface area contributed by atoms with Gasteiger partial charge in [0.2, 0.25) is 0 Å². The van der Waals surface area contributed by atoms with Crippen LogP contribution in [0.2, 0.25) is 0 Å². The van der Waals surface area contributed by atoms with E-state index in [9.17, 15) is 13.2 Å². The molecule has 0 aliphatic carbocycles. The van der Waals surface area contributed by atoms with Crippen molar-refractivity contribution in [2.75, 3.05) is 0 Å². The molecule has 5 nitrogen and oxygen atoms in total. The van der Waals surface area contributed by atoms with Gasteiger partial charge in [0.15, 0.2) is 6.29 Å². The second-order valence-corrected chi connectivity index (χ2v) is 6.59. The van der Waals surface area contributed by atoms with Gasteiger partial charge in [-0.25, -0.2) is 17.4 Å². The van der Waals surface area contributed by atoms with Crippen LogP contribution in [0.4, 0.5) is 0 Å². The summed E-state index contributed by atoms with van der Waals surface area (Å²) < 4.78 is 26.4. The van der Waals surface area contributed by atoms with Crippen LogP contribution in [0.1, 0.15) is 42.5 Å². The number of carbonyl (C=O) groups is 1. The molecular weight excluding hydrogens is 288 g/mol. The lowest BCUT2D eigenvalue weighted by Crippen LogP contribution is -2.15. The Morgan fingerprint density at radius 3 is 2.52 bits per heavy atom. The minimum absolute atomic E-state index is 0.140. The number of imidazole rings is 1. The summed E-state index contributed by atoms with van der Waals surface area (Å²) in [5, 5.41) is 0. The largest absolute Gasteiger partial charge is 0.296 e. The Bertz CT molecular complexity index is 706. The fourth-order valence-electron chi connectivity index (χ4n) is 2.09. The molecule has 1 aromatic heterocycles. The second kappa shape index (κ2) is 6.67. The second-order valence-electron chi connectivity index (χ2n) is 4.77. The molecule has 1 heterocycles. The molecule has 0 amide bonds. The summed E-state index contributed by atoms with van der Waals surface area (Å²) in [6, 6.07) is 8.16. The quantitative estimate of drug-likeness (QED) is 0.582. The zero-order valence-electron chi connectivity index (χ0n) is 11.9. The molecule has 2 aromatic rings. The maximum absolute atomic E-state index is 12.6. The summed E-state index contributed by atoms with van der Waals surface area (Å²) in [6.45, 7) is 2.07. The molecule has 0 radical (unpaired) electrons. The minimum atomic E-state index is -3.70. The lowest BCUT2D eigenvalue weighted by Gasteiger charge is -2.08. The van der Waals surface area contributed by atoms with Gasteiger partial charge in [0, 0.05) is 6.42 Å². The monoisotopic (exact) mass is 306 g/mol. The van der Waals surface area contributed by atoms with E-state index in [0.717, 1.165) is 23.2 Å². The summed E-state index contributed by atoms with van der Waals surface area (Å²) in [7, 11) is -3.70. The van der Waals surface area contributed by atoms with Crippen molar-refractivity contribution in [1.29, 1.82) is 0 Å². The maximum atomic E-state index is 12.6. The Morgan fingerprint density at radius 2 is 1.90 bits per heavy atom. The number of aryl methyl sites for hydroxylation is 1. The van der Waals surface area contributed by atoms with Crippen LogP contribution in [0.3, 0.4) is 0 Å². The van der Waals surface area contributed by atoms with Gasteiger partial charge in [-0.15, -0.1) is 0 Å². The Labute approximate surface area is 124 Å². The van der Waals surface area contributed by atoms with Crippen molar-refractivity contribution in [3.63, 3.8) is 0 Å². The van der Waals surface area contributed by atoms with Gasteiger partial charge in [-0.05, 0) is 18.6 Å². The Hall–Kier alpha value is -1.95. The number of carbonyl (C=O) groups excluding carboxylic acids is 1. The van der Waals surface area contributed by atoms with Crippen molar-refractivity contribution in [2.45, 2.75) is 37.5 Å². The predicted octanol–water partition coefficient (Wildman–Crippen LogP) is 2.67. The normalized spacial score (nSPS) is 11.5. The number of nitrogens with zero attached hydrogens (tertiary/aromatic N) is 2. The molecule has 0 spiro atoms. The molecule has 0 N–H and O–H groups in total. The average molecular weight is 306 g/mol. The molecule has 0 fully saturated rings. The first kappa shape index (κ1) is 15.4. The zero-order valence-corrected chi connectivity index (χ0v) is 12.7. The molecule has 2 rings (SSSR count). The van der Waals surface area contributed by atoms with Crippen LogP contribution >= 0.6 is 0 Å². The molecular formula is C15H18N2O3S. The van der Waals surface area contributed by atoms with Gasteiger partial charge in [0.1, 0.15) is 11.5 Å². The molecule has 112 valence electrons. The van der Waals surface area contributed by atoms with E-state index in [4.69, 9.17) is 0 Å². The molecule has 0 bridgehead atoms. The summed E-state index contributed by atoms with van der Waals surface area (Å²) in [5.74, 6) is 0.411. The average Bonchev–Trinajstić information content (AvgIpc) is 2.92. The SMILES string of the molecule is CCCCCc1nc(C=O)cn1S(=O)(=O)c1ccccc1. The topological polar surface area (TPSA) is 69.0 Å². The highest BCUT2D eigenvalue weighted by molar-refractivity contribution is 7.90. The van der Waals surface area contributed by atoms with Crippen LogP contribution < -0.4 is 0 Å². The third-order valence-corrected chi connectivity index (χ3v) is 4.89. The van der Waals surface area contributed by atoms with E-state index in [0.29, 0.717) is 18.5 Å².